The van der Waals surface area contributed by atoms with Crippen molar-refractivity contribution in [2.45, 2.75) is 77.0 Å². The van der Waals surface area contributed by atoms with Crippen molar-refractivity contribution in [1.29, 1.82) is 0 Å². The highest BCUT2D eigenvalue weighted by Gasteiger charge is 2.33. The van der Waals surface area contributed by atoms with Crippen LogP contribution in [0.5, 0.6) is 0 Å². The molecule has 1 aliphatic heterocycles. The van der Waals surface area contributed by atoms with Gasteiger partial charge < -0.3 is 4.74 Å². The first-order valence-electron chi connectivity index (χ1n) is 8.50. The smallest absolute Gasteiger partial charge is 0.263 e. The Hall–Kier alpha value is -0.650. The SMILES string of the molecule is CC(C)CCN(CC1CCC(C(=O)NN)O1)C1CCCC1. The van der Waals surface area contributed by atoms with Crippen LogP contribution >= 0.6 is 0 Å². The van der Waals surface area contributed by atoms with Gasteiger partial charge in [-0.05, 0) is 44.6 Å². The minimum atomic E-state index is -0.351. The first-order valence-corrected chi connectivity index (χ1v) is 8.50. The number of carbonyl (C=O) groups excluding carboxylic acids is 1. The molecule has 1 saturated carbocycles. The van der Waals surface area contributed by atoms with Crippen LogP contribution in [-0.2, 0) is 9.53 Å². The number of hydrogen-bond acceptors (Lipinski definition) is 4. The van der Waals surface area contributed by atoms with Gasteiger partial charge in [-0.25, -0.2) is 5.84 Å². The maximum absolute atomic E-state index is 11.5. The fraction of sp³-hybridized carbons (Fsp3) is 0.938. The molecule has 1 saturated heterocycles. The van der Waals surface area contributed by atoms with Crippen molar-refractivity contribution >= 4 is 5.91 Å². The monoisotopic (exact) mass is 297 g/mol. The molecule has 0 bridgehead atoms. The van der Waals surface area contributed by atoms with Gasteiger partial charge in [-0.3, -0.25) is 15.1 Å². The Balaban J connectivity index is 1.84. The normalized spacial score (nSPS) is 26.9. The molecule has 0 radical (unpaired) electrons. The number of nitrogens with two attached hydrogens (primary N) is 1. The van der Waals surface area contributed by atoms with E-state index in [9.17, 15) is 4.79 Å². The first-order chi connectivity index (χ1) is 10.1. The number of amides is 1. The van der Waals surface area contributed by atoms with Crippen LogP contribution in [0.3, 0.4) is 0 Å². The average molecular weight is 297 g/mol. The van der Waals surface area contributed by atoms with Crippen molar-refractivity contribution in [2.24, 2.45) is 11.8 Å². The molecule has 2 fully saturated rings. The molecule has 1 aliphatic carbocycles. The molecule has 2 atom stereocenters. The molecule has 5 heteroatoms. The van der Waals surface area contributed by atoms with E-state index in [1.165, 1.54) is 32.1 Å². The lowest BCUT2D eigenvalue weighted by Crippen LogP contribution is -2.42. The minimum absolute atomic E-state index is 0.181. The van der Waals surface area contributed by atoms with Crippen LogP contribution in [0.15, 0.2) is 0 Å². The zero-order chi connectivity index (χ0) is 15.2. The highest BCUT2D eigenvalue weighted by molar-refractivity contribution is 5.80. The molecule has 122 valence electrons. The van der Waals surface area contributed by atoms with E-state index >= 15 is 0 Å². The second-order valence-electron chi connectivity index (χ2n) is 6.95. The number of carbonyl (C=O) groups is 1. The Morgan fingerprint density at radius 1 is 1.29 bits per heavy atom. The topological polar surface area (TPSA) is 67.6 Å². The van der Waals surface area contributed by atoms with E-state index in [-0.39, 0.29) is 18.1 Å². The highest BCUT2D eigenvalue weighted by Crippen LogP contribution is 2.27. The quantitative estimate of drug-likeness (QED) is 0.427. The zero-order valence-corrected chi connectivity index (χ0v) is 13.5. The summed E-state index contributed by atoms with van der Waals surface area (Å²) in [5.41, 5.74) is 2.20. The third-order valence-electron chi connectivity index (χ3n) is 4.82. The molecule has 5 nitrogen and oxygen atoms in total. The Morgan fingerprint density at radius 3 is 2.62 bits per heavy atom. The predicted molar refractivity (Wildman–Crippen MR) is 83.5 cm³/mol. The minimum Gasteiger partial charge on any atom is -0.364 e. The van der Waals surface area contributed by atoms with Crippen LogP contribution in [-0.4, -0.2) is 42.1 Å². The number of ether oxygens (including phenoxy) is 1. The van der Waals surface area contributed by atoms with E-state index in [1.807, 2.05) is 0 Å². The molecule has 2 unspecified atom stereocenters. The molecule has 0 aromatic rings. The van der Waals surface area contributed by atoms with Crippen molar-refractivity contribution < 1.29 is 9.53 Å². The fourth-order valence-corrected chi connectivity index (χ4v) is 3.50. The number of hydrogen-bond donors (Lipinski definition) is 2. The maximum Gasteiger partial charge on any atom is 0.263 e. The third-order valence-corrected chi connectivity index (χ3v) is 4.82. The van der Waals surface area contributed by atoms with Crippen molar-refractivity contribution in [2.75, 3.05) is 13.1 Å². The Morgan fingerprint density at radius 2 is 2.00 bits per heavy atom. The lowest BCUT2D eigenvalue weighted by atomic mass is 10.1. The first kappa shape index (κ1) is 16.7. The summed E-state index contributed by atoms with van der Waals surface area (Å²) >= 11 is 0. The van der Waals surface area contributed by atoms with E-state index in [0.29, 0.717) is 0 Å². The van der Waals surface area contributed by atoms with Gasteiger partial charge in [0.1, 0.15) is 6.10 Å². The molecular formula is C16H31N3O2. The molecule has 0 spiro atoms. The van der Waals surface area contributed by atoms with Gasteiger partial charge in [0.25, 0.3) is 5.91 Å². The second kappa shape index (κ2) is 8.11. The second-order valence-corrected chi connectivity index (χ2v) is 6.95. The van der Waals surface area contributed by atoms with Crippen LogP contribution in [0.1, 0.15) is 58.8 Å². The zero-order valence-electron chi connectivity index (χ0n) is 13.5. The summed E-state index contributed by atoms with van der Waals surface area (Å²) in [4.78, 5) is 14.2. The van der Waals surface area contributed by atoms with Gasteiger partial charge in [0.15, 0.2) is 0 Å². The largest absolute Gasteiger partial charge is 0.364 e. The molecular weight excluding hydrogens is 266 g/mol. The molecule has 3 N–H and O–H groups in total. The number of hydrazine groups is 1. The van der Waals surface area contributed by atoms with E-state index in [1.54, 1.807) is 0 Å². The van der Waals surface area contributed by atoms with E-state index < -0.39 is 0 Å². The highest BCUT2D eigenvalue weighted by atomic mass is 16.5. The fourth-order valence-electron chi connectivity index (χ4n) is 3.50. The van der Waals surface area contributed by atoms with Gasteiger partial charge in [-0.15, -0.1) is 0 Å². The summed E-state index contributed by atoms with van der Waals surface area (Å²) in [5, 5.41) is 0. The van der Waals surface area contributed by atoms with Crippen molar-refractivity contribution in [3.8, 4) is 0 Å². The van der Waals surface area contributed by atoms with Crippen molar-refractivity contribution in [3.05, 3.63) is 0 Å². The van der Waals surface area contributed by atoms with Crippen LogP contribution < -0.4 is 11.3 Å². The number of rotatable bonds is 7. The van der Waals surface area contributed by atoms with Crippen molar-refractivity contribution in [1.82, 2.24) is 10.3 Å². The van der Waals surface area contributed by atoms with Crippen LogP contribution in [0.2, 0.25) is 0 Å². The van der Waals surface area contributed by atoms with Gasteiger partial charge in [0.05, 0.1) is 6.10 Å². The summed E-state index contributed by atoms with van der Waals surface area (Å²) in [6.45, 7) is 6.67. The maximum atomic E-state index is 11.5. The van der Waals surface area contributed by atoms with E-state index in [4.69, 9.17) is 10.6 Å². The van der Waals surface area contributed by atoms with Crippen LogP contribution in [0.4, 0.5) is 0 Å². The molecule has 2 aliphatic rings. The van der Waals surface area contributed by atoms with Gasteiger partial charge in [0, 0.05) is 12.6 Å². The van der Waals surface area contributed by atoms with Gasteiger partial charge in [-0.2, -0.15) is 0 Å². The van der Waals surface area contributed by atoms with E-state index in [0.717, 1.165) is 37.9 Å². The number of nitrogens with zero attached hydrogens (tertiary/aromatic N) is 1. The molecule has 21 heavy (non-hydrogen) atoms. The summed E-state index contributed by atoms with van der Waals surface area (Å²) < 4.78 is 5.88. The molecule has 2 rings (SSSR count). The lowest BCUT2D eigenvalue weighted by molar-refractivity contribution is -0.132. The summed E-state index contributed by atoms with van der Waals surface area (Å²) in [6, 6.07) is 0.717. The van der Waals surface area contributed by atoms with Gasteiger partial charge in [0.2, 0.25) is 0 Å². The summed E-state index contributed by atoms with van der Waals surface area (Å²) in [6.07, 6.45) is 8.15. The van der Waals surface area contributed by atoms with Gasteiger partial charge in [-0.1, -0.05) is 26.7 Å². The molecule has 1 heterocycles. The standard InChI is InChI=1S/C16H31N3O2/c1-12(2)9-10-19(13-5-3-4-6-13)11-14-7-8-15(21-14)16(20)18-17/h12-15H,3-11,17H2,1-2H3,(H,18,20). The van der Waals surface area contributed by atoms with Crippen LogP contribution in [0.25, 0.3) is 0 Å². The van der Waals surface area contributed by atoms with Crippen molar-refractivity contribution in [3.63, 3.8) is 0 Å². The lowest BCUT2D eigenvalue weighted by Gasteiger charge is -2.31. The average Bonchev–Trinajstić information content (AvgIpc) is 3.13. The third kappa shape index (κ3) is 4.94. The van der Waals surface area contributed by atoms with E-state index in [2.05, 4.69) is 24.2 Å². The molecule has 0 aromatic carbocycles. The Labute approximate surface area is 128 Å². The molecule has 0 aromatic heterocycles. The Kier molecular flexibility index (Phi) is 6.45. The molecule has 1 amide bonds. The van der Waals surface area contributed by atoms with Gasteiger partial charge >= 0.3 is 0 Å². The summed E-state index contributed by atoms with van der Waals surface area (Å²) in [5.74, 6) is 5.73. The predicted octanol–water partition coefficient (Wildman–Crippen LogP) is 1.81. The number of nitrogens with one attached hydrogen (secondary N) is 1. The Bertz CT molecular complexity index is 329. The summed E-state index contributed by atoms with van der Waals surface area (Å²) in [7, 11) is 0. The van der Waals surface area contributed by atoms with Crippen LogP contribution in [0, 0.1) is 5.92 Å².